The summed E-state index contributed by atoms with van der Waals surface area (Å²) >= 11 is 0. The monoisotopic (exact) mass is 591 g/mol. The van der Waals surface area contributed by atoms with Crippen molar-refractivity contribution in [3.05, 3.63) is 151 Å². The molecule has 0 atom stereocenters. The van der Waals surface area contributed by atoms with Crippen LogP contribution >= 0.6 is 0 Å². The van der Waals surface area contributed by atoms with E-state index in [1.807, 2.05) is 0 Å². The molecule has 46 heavy (non-hydrogen) atoms. The van der Waals surface area contributed by atoms with E-state index in [1.165, 1.54) is 54.2 Å². The van der Waals surface area contributed by atoms with E-state index in [0.29, 0.717) is 5.92 Å². The van der Waals surface area contributed by atoms with Gasteiger partial charge >= 0.3 is 0 Å². The molecule has 1 aromatic heterocycles. The molecule has 1 heterocycles. The first-order valence-corrected chi connectivity index (χ1v) is 16.1. The van der Waals surface area contributed by atoms with Crippen molar-refractivity contribution in [2.75, 3.05) is 4.90 Å². The molecule has 0 N–H and O–H groups in total. The van der Waals surface area contributed by atoms with Gasteiger partial charge in [-0.1, -0.05) is 117 Å². The molecule has 8 aromatic carbocycles. The van der Waals surface area contributed by atoms with Crippen molar-refractivity contribution in [2.45, 2.75) is 26.7 Å². The summed E-state index contributed by atoms with van der Waals surface area (Å²) in [6.45, 7) is 6.67. The number of aryl methyl sites for hydroxylation is 1. The van der Waals surface area contributed by atoms with Gasteiger partial charge < -0.3 is 9.32 Å². The lowest BCUT2D eigenvalue weighted by atomic mass is 9.92. The van der Waals surface area contributed by atoms with E-state index in [0.717, 1.165) is 39.0 Å². The Hall–Kier alpha value is -5.60. The summed E-state index contributed by atoms with van der Waals surface area (Å²) in [5.74, 6) is 0.471. The molecule has 220 valence electrons. The highest BCUT2D eigenvalue weighted by Gasteiger charge is 2.22. The lowest BCUT2D eigenvalue weighted by Crippen LogP contribution is -2.12. The second kappa shape index (κ2) is 10.2. The fourth-order valence-electron chi connectivity index (χ4n) is 7.43. The molecule has 2 heteroatoms. The first kappa shape index (κ1) is 26.8. The van der Waals surface area contributed by atoms with Gasteiger partial charge in [0, 0.05) is 33.6 Å². The number of nitrogens with zero attached hydrogens (tertiary/aromatic N) is 1. The van der Waals surface area contributed by atoms with Crippen molar-refractivity contribution in [1.82, 2.24) is 0 Å². The Bertz CT molecular complexity index is 2620. The van der Waals surface area contributed by atoms with E-state index in [2.05, 4.69) is 165 Å². The SMILES string of the molecule is Cc1ccccc1N(c1ccc(C(C)C)cc1)c1cc2oc3cc4c5ccccc5c5ccccc5c4cc3c2c2ccccc12. The molecular weight excluding hydrogens is 558 g/mol. The molecule has 0 saturated heterocycles. The smallest absolute Gasteiger partial charge is 0.138 e. The molecule has 0 aliphatic rings. The predicted octanol–water partition coefficient (Wildman–Crippen LogP) is 13.1. The standard InChI is InChI=1S/C44H33NO/c1-27(2)29-20-22-30(23-21-29)45(40-19-11-4-12-28(40)3)41-26-43-44(36-18-10-9-17-35(36)41)39-24-37-33-15-7-5-13-31(33)32-14-6-8-16-34(32)38(37)25-42(39)46-43/h4-27H,1-3H3. The van der Waals surface area contributed by atoms with Crippen LogP contribution in [0.15, 0.2) is 144 Å². The maximum absolute atomic E-state index is 6.85. The molecule has 9 rings (SSSR count). The predicted molar refractivity (Wildman–Crippen MR) is 197 cm³/mol. The Morgan fingerprint density at radius 1 is 0.457 bits per heavy atom. The van der Waals surface area contributed by atoms with Crippen LogP contribution in [0.5, 0.6) is 0 Å². The molecule has 0 aliphatic carbocycles. The molecule has 0 bridgehead atoms. The molecular formula is C44H33NO. The van der Waals surface area contributed by atoms with Crippen LogP contribution in [0.4, 0.5) is 17.1 Å². The molecule has 0 radical (unpaired) electrons. The Morgan fingerprint density at radius 3 is 1.63 bits per heavy atom. The first-order valence-electron chi connectivity index (χ1n) is 16.1. The number of para-hydroxylation sites is 1. The second-order valence-electron chi connectivity index (χ2n) is 12.8. The number of rotatable bonds is 4. The van der Waals surface area contributed by atoms with Gasteiger partial charge in [0.05, 0.1) is 5.69 Å². The third-order valence-corrected chi connectivity index (χ3v) is 9.74. The number of benzene rings is 8. The van der Waals surface area contributed by atoms with Gasteiger partial charge in [-0.25, -0.2) is 0 Å². The topological polar surface area (TPSA) is 16.4 Å². The van der Waals surface area contributed by atoms with Crippen LogP contribution in [0.3, 0.4) is 0 Å². The number of anilines is 3. The van der Waals surface area contributed by atoms with Crippen LogP contribution in [-0.2, 0) is 0 Å². The Morgan fingerprint density at radius 2 is 1.00 bits per heavy atom. The van der Waals surface area contributed by atoms with Gasteiger partial charge in [0.15, 0.2) is 0 Å². The van der Waals surface area contributed by atoms with Gasteiger partial charge in [-0.15, -0.1) is 0 Å². The first-order chi connectivity index (χ1) is 22.6. The van der Waals surface area contributed by atoms with E-state index in [-0.39, 0.29) is 0 Å². The minimum Gasteiger partial charge on any atom is -0.456 e. The van der Waals surface area contributed by atoms with Gasteiger partial charge in [0.25, 0.3) is 0 Å². The van der Waals surface area contributed by atoms with Crippen LogP contribution in [-0.4, -0.2) is 0 Å². The summed E-state index contributed by atoms with van der Waals surface area (Å²) in [6.07, 6.45) is 0. The minimum absolute atomic E-state index is 0.471. The second-order valence-corrected chi connectivity index (χ2v) is 12.8. The van der Waals surface area contributed by atoms with Crippen molar-refractivity contribution in [3.8, 4) is 0 Å². The molecule has 0 saturated carbocycles. The number of fused-ring (bicyclic) bond motifs is 11. The number of hydrogen-bond donors (Lipinski definition) is 0. The van der Waals surface area contributed by atoms with Crippen molar-refractivity contribution >= 4 is 82.1 Å². The molecule has 9 aromatic rings. The van der Waals surface area contributed by atoms with Crippen LogP contribution in [0.2, 0.25) is 0 Å². The molecule has 0 spiro atoms. The van der Waals surface area contributed by atoms with E-state index in [1.54, 1.807) is 0 Å². The van der Waals surface area contributed by atoms with Crippen molar-refractivity contribution in [3.63, 3.8) is 0 Å². The lowest BCUT2D eigenvalue weighted by Gasteiger charge is -2.28. The van der Waals surface area contributed by atoms with E-state index < -0.39 is 0 Å². The average Bonchev–Trinajstić information content (AvgIpc) is 3.46. The van der Waals surface area contributed by atoms with Crippen LogP contribution in [0.1, 0.15) is 30.9 Å². The Kier molecular flexibility index (Phi) is 5.95. The van der Waals surface area contributed by atoms with Crippen molar-refractivity contribution in [1.29, 1.82) is 0 Å². The summed E-state index contributed by atoms with van der Waals surface area (Å²) in [7, 11) is 0. The Labute approximate surface area is 268 Å². The Balaban J connectivity index is 1.38. The number of furan rings is 1. The zero-order valence-corrected chi connectivity index (χ0v) is 26.2. The van der Waals surface area contributed by atoms with Gasteiger partial charge in [-0.05, 0) is 92.0 Å². The summed E-state index contributed by atoms with van der Waals surface area (Å²) in [5, 5.41) is 12.2. The quantitative estimate of drug-likeness (QED) is 0.189. The zero-order chi connectivity index (χ0) is 30.9. The van der Waals surface area contributed by atoms with Gasteiger partial charge in [0.2, 0.25) is 0 Å². The molecule has 0 amide bonds. The fourth-order valence-corrected chi connectivity index (χ4v) is 7.43. The largest absolute Gasteiger partial charge is 0.456 e. The summed E-state index contributed by atoms with van der Waals surface area (Å²) in [5.41, 5.74) is 7.74. The maximum atomic E-state index is 6.85. The van der Waals surface area contributed by atoms with E-state index >= 15 is 0 Å². The molecule has 0 fully saturated rings. The summed E-state index contributed by atoms with van der Waals surface area (Å²) in [6, 6.07) is 50.8. The number of hydrogen-bond acceptors (Lipinski definition) is 2. The van der Waals surface area contributed by atoms with E-state index in [4.69, 9.17) is 4.42 Å². The average molecular weight is 592 g/mol. The lowest BCUT2D eigenvalue weighted by molar-refractivity contribution is 0.670. The zero-order valence-electron chi connectivity index (χ0n) is 26.2. The van der Waals surface area contributed by atoms with Crippen molar-refractivity contribution in [2.24, 2.45) is 0 Å². The molecule has 0 aliphatic heterocycles. The molecule has 2 nitrogen and oxygen atoms in total. The van der Waals surface area contributed by atoms with Crippen LogP contribution in [0, 0.1) is 6.92 Å². The summed E-state index contributed by atoms with van der Waals surface area (Å²) < 4.78 is 6.85. The third-order valence-electron chi connectivity index (χ3n) is 9.74. The van der Waals surface area contributed by atoms with Gasteiger partial charge in [0.1, 0.15) is 11.2 Å². The van der Waals surface area contributed by atoms with Crippen LogP contribution < -0.4 is 4.90 Å². The third kappa shape index (κ3) is 3.96. The maximum Gasteiger partial charge on any atom is 0.138 e. The van der Waals surface area contributed by atoms with Crippen LogP contribution in [0.25, 0.3) is 65.0 Å². The van der Waals surface area contributed by atoms with Gasteiger partial charge in [-0.3, -0.25) is 0 Å². The van der Waals surface area contributed by atoms with E-state index in [9.17, 15) is 0 Å². The highest BCUT2D eigenvalue weighted by molar-refractivity contribution is 6.30. The minimum atomic E-state index is 0.471. The highest BCUT2D eigenvalue weighted by Crippen LogP contribution is 2.47. The highest BCUT2D eigenvalue weighted by atomic mass is 16.3. The van der Waals surface area contributed by atoms with Crippen molar-refractivity contribution < 1.29 is 4.42 Å². The summed E-state index contributed by atoms with van der Waals surface area (Å²) in [4.78, 5) is 2.39. The molecule has 0 unspecified atom stereocenters. The normalized spacial score (nSPS) is 12.0. The fraction of sp³-hybridized carbons (Fsp3) is 0.0909. The van der Waals surface area contributed by atoms with Gasteiger partial charge in [-0.2, -0.15) is 0 Å².